The van der Waals surface area contributed by atoms with Gasteiger partial charge in [-0.1, -0.05) is 13.0 Å². The first-order chi connectivity index (χ1) is 8.70. The molecule has 0 spiro atoms. The lowest BCUT2D eigenvalue weighted by molar-refractivity contribution is -0.120. The van der Waals surface area contributed by atoms with Crippen molar-refractivity contribution in [1.82, 2.24) is 5.32 Å². The fraction of sp³-hybridized carbons (Fsp3) is 0.462. The topological polar surface area (TPSA) is 50.4 Å². The third kappa shape index (κ3) is 3.05. The van der Waals surface area contributed by atoms with E-state index in [4.69, 9.17) is 4.74 Å². The van der Waals surface area contributed by atoms with Gasteiger partial charge in [-0.15, -0.1) is 0 Å². The summed E-state index contributed by atoms with van der Waals surface area (Å²) in [5, 5.41) is 5.93. The number of hydrogen-bond donors (Lipinski definition) is 2. The summed E-state index contributed by atoms with van der Waals surface area (Å²) < 4.78 is 18.3. The van der Waals surface area contributed by atoms with Gasteiger partial charge in [-0.05, 0) is 24.7 Å². The van der Waals surface area contributed by atoms with Crippen LogP contribution < -0.4 is 10.6 Å². The maximum Gasteiger partial charge on any atom is 0.231 e. The molecule has 1 aromatic rings. The second kappa shape index (κ2) is 5.93. The molecule has 1 fully saturated rings. The van der Waals surface area contributed by atoms with E-state index in [1.807, 2.05) is 6.92 Å². The van der Waals surface area contributed by atoms with Crippen LogP contribution in [0.5, 0.6) is 0 Å². The highest BCUT2D eigenvalue weighted by Gasteiger charge is 2.33. The first kappa shape index (κ1) is 13.0. The van der Waals surface area contributed by atoms with Gasteiger partial charge in [0, 0.05) is 11.7 Å². The highest BCUT2D eigenvalue weighted by molar-refractivity contribution is 5.93. The largest absolute Gasteiger partial charge is 0.379 e. The molecule has 0 aromatic heterocycles. The number of hydrogen-bond acceptors (Lipinski definition) is 3. The summed E-state index contributed by atoms with van der Waals surface area (Å²) in [7, 11) is 0. The van der Waals surface area contributed by atoms with Crippen LogP contribution in [0.25, 0.3) is 0 Å². The van der Waals surface area contributed by atoms with Crippen molar-refractivity contribution in [3.8, 4) is 0 Å². The Bertz CT molecular complexity index is 425. The minimum Gasteiger partial charge on any atom is -0.379 e. The smallest absolute Gasteiger partial charge is 0.231 e. The first-order valence-corrected chi connectivity index (χ1v) is 6.08. The molecule has 4 nitrogen and oxygen atoms in total. The van der Waals surface area contributed by atoms with Crippen LogP contribution in [0, 0.1) is 11.7 Å². The minimum atomic E-state index is -0.362. The monoisotopic (exact) mass is 252 g/mol. The number of ether oxygens (including phenoxy) is 1. The van der Waals surface area contributed by atoms with Crippen LogP contribution in [0.3, 0.4) is 0 Å². The number of likely N-dealkylation sites (N-methyl/N-ethyl adjacent to an activating group) is 1. The standard InChI is InChI=1S/C13H17FN2O2/c1-2-15-12-8-18-7-11(12)13(17)16-10-5-3-4-9(14)6-10/h3-6,11-12,15H,2,7-8H2,1H3,(H,16,17). The van der Waals surface area contributed by atoms with E-state index in [0.29, 0.717) is 18.9 Å². The van der Waals surface area contributed by atoms with Gasteiger partial charge in [0.1, 0.15) is 5.82 Å². The van der Waals surface area contributed by atoms with E-state index in [1.54, 1.807) is 12.1 Å². The molecule has 0 saturated carbocycles. The van der Waals surface area contributed by atoms with Gasteiger partial charge >= 0.3 is 0 Å². The van der Waals surface area contributed by atoms with Crippen LogP contribution in [0.1, 0.15) is 6.92 Å². The Labute approximate surface area is 106 Å². The Morgan fingerprint density at radius 1 is 1.50 bits per heavy atom. The highest BCUT2D eigenvalue weighted by atomic mass is 19.1. The molecule has 2 N–H and O–H groups in total. The number of nitrogens with one attached hydrogen (secondary N) is 2. The average molecular weight is 252 g/mol. The number of carbonyl (C=O) groups excluding carboxylic acids is 1. The van der Waals surface area contributed by atoms with E-state index >= 15 is 0 Å². The van der Waals surface area contributed by atoms with Gasteiger partial charge in [0.25, 0.3) is 0 Å². The maximum atomic E-state index is 13.0. The summed E-state index contributed by atoms with van der Waals surface area (Å²) >= 11 is 0. The van der Waals surface area contributed by atoms with Crippen molar-refractivity contribution in [3.05, 3.63) is 30.1 Å². The quantitative estimate of drug-likeness (QED) is 0.851. The van der Waals surface area contributed by atoms with Crippen LogP contribution in [0.4, 0.5) is 10.1 Å². The van der Waals surface area contributed by atoms with E-state index in [0.717, 1.165) is 6.54 Å². The van der Waals surface area contributed by atoms with Crippen LogP contribution in [0.2, 0.25) is 0 Å². The second-order valence-electron chi connectivity index (χ2n) is 4.31. The predicted octanol–water partition coefficient (Wildman–Crippen LogP) is 1.39. The first-order valence-electron chi connectivity index (χ1n) is 6.08. The molecule has 1 aliphatic rings. The van der Waals surface area contributed by atoms with Gasteiger partial charge < -0.3 is 15.4 Å². The number of carbonyl (C=O) groups is 1. The van der Waals surface area contributed by atoms with Crippen molar-refractivity contribution in [2.75, 3.05) is 25.1 Å². The third-order valence-electron chi connectivity index (χ3n) is 2.98. The third-order valence-corrected chi connectivity index (χ3v) is 2.98. The van der Waals surface area contributed by atoms with Gasteiger partial charge in [0.2, 0.25) is 5.91 Å². The molecule has 0 bridgehead atoms. The number of rotatable bonds is 4. The van der Waals surface area contributed by atoms with E-state index in [9.17, 15) is 9.18 Å². The molecule has 1 aliphatic heterocycles. The number of amides is 1. The van der Waals surface area contributed by atoms with Gasteiger partial charge in [0.05, 0.1) is 19.1 Å². The Morgan fingerprint density at radius 3 is 3.06 bits per heavy atom. The zero-order chi connectivity index (χ0) is 13.0. The van der Waals surface area contributed by atoms with Crippen LogP contribution in [-0.2, 0) is 9.53 Å². The van der Waals surface area contributed by atoms with Crippen LogP contribution in [-0.4, -0.2) is 31.7 Å². The molecule has 1 heterocycles. The van der Waals surface area contributed by atoms with Crippen LogP contribution >= 0.6 is 0 Å². The molecule has 1 amide bonds. The number of benzene rings is 1. The second-order valence-corrected chi connectivity index (χ2v) is 4.31. The molecule has 2 atom stereocenters. The Hall–Kier alpha value is -1.46. The molecule has 1 aromatic carbocycles. The van der Waals surface area contributed by atoms with Gasteiger partial charge in [-0.25, -0.2) is 4.39 Å². The summed E-state index contributed by atoms with van der Waals surface area (Å²) in [6, 6.07) is 5.91. The summed E-state index contributed by atoms with van der Waals surface area (Å²) in [5.41, 5.74) is 0.474. The van der Waals surface area contributed by atoms with Crippen molar-refractivity contribution in [1.29, 1.82) is 0 Å². The summed E-state index contributed by atoms with van der Waals surface area (Å²) in [6.07, 6.45) is 0. The van der Waals surface area contributed by atoms with Gasteiger partial charge in [0.15, 0.2) is 0 Å². The minimum absolute atomic E-state index is 0.0311. The zero-order valence-corrected chi connectivity index (χ0v) is 10.3. The van der Waals surface area contributed by atoms with Crippen molar-refractivity contribution < 1.29 is 13.9 Å². The molecule has 0 radical (unpaired) electrons. The van der Waals surface area contributed by atoms with E-state index in [-0.39, 0.29) is 23.7 Å². The van der Waals surface area contributed by atoms with Crippen molar-refractivity contribution >= 4 is 11.6 Å². The van der Waals surface area contributed by atoms with Crippen LogP contribution in [0.15, 0.2) is 24.3 Å². The lowest BCUT2D eigenvalue weighted by atomic mass is 10.0. The summed E-state index contributed by atoms with van der Waals surface area (Å²) in [6.45, 7) is 3.71. The Balaban J connectivity index is 1.99. The Kier molecular flexibility index (Phi) is 4.28. The number of halogens is 1. The van der Waals surface area contributed by atoms with E-state index in [2.05, 4.69) is 10.6 Å². The molecule has 98 valence electrons. The predicted molar refractivity (Wildman–Crippen MR) is 66.8 cm³/mol. The zero-order valence-electron chi connectivity index (χ0n) is 10.3. The maximum absolute atomic E-state index is 13.0. The normalized spacial score (nSPS) is 23.0. The Morgan fingerprint density at radius 2 is 2.33 bits per heavy atom. The van der Waals surface area contributed by atoms with Crippen molar-refractivity contribution in [2.24, 2.45) is 5.92 Å². The average Bonchev–Trinajstić information content (AvgIpc) is 2.78. The highest BCUT2D eigenvalue weighted by Crippen LogP contribution is 2.17. The van der Waals surface area contributed by atoms with Crippen molar-refractivity contribution in [2.45, 2.75) is 13.0 Å². The molecule has 0 aliphatic carbocycles. The molecule has 2 rings (SSSR count). The van der Waals surface area contributed by atoms with E-state index < -0.39 is 0 Å². The summed E-state index contributed by atoms with van der Waals surface area (Å²) in [4.78, 5) is 12.1. The van der Waals surface area contributed by atoms with Crippen molar-refractivity contribution in [3.63, 3.8) is 0 Å². The molecule has 5 heteroatoms. The lowest BCUT2D eigenvalue weighted by Gasteiger charge is -2.17. The molecular formula is C13H17FN2O2. The van der Waals surface area contributed by atoms with Gasteiger partial charge in [-0.3, -0.25) is 4.79 Å². The fourth-order valence-corrected chi connectivity index (χ4v) is 2.08. The molecule has 18 heavy (non-hydrogen) atoms. The SMILES string of the molecule is CCNC1COCC1C(=O)Nc1cccc(F)c1. The van der Waals surface area contributed by atoms with Gasteiger partial charge in [-0.2, -0.15) is 0 Å². The molecule has 1 saturated heterocycles. The summed E-state index contributed by atoms with van der Waals surface area (Å²) in [5.74, 6) is -0.726. The molecule has 2 unspecified atom stereocenters. The fourth-order valence-electron chi connectivity index (χ4n) is 2.08. The number of anilines is 1. The lowest BCUT2D eigenvalue weighted by Crippen LogP contribution is -2.41. The van der Waals surface area contributed by atoms with E-state index in [1.165, 1.54) is 12.1 Å². The molecular weight excluding hydrogens is 235 g/mol.